The van der Waals surface area contributed by atoms with Crippen LogP contribution in [0.3, 0.4) is 0 Å². The van der Waals surface area contributed by atoms with Gasteiger partial charge in [0.15, 0.2) is 0 Å². The lowest BCUT2D eigenvalue weighted by Gasteiger charge is -2.22. The molecule has 1 aliphatic heterocycles. The first-order valence-corrected chi connectivity index (χ1v) is 7.78. The smallest absolute Gasteiger partial charge is 0.220 e. The summed E-state index contributed by atoms with van der Waals surface area (Å²) >= 11 is 0. The summed E-state index contributed by atoms with van der Waals surface area (Å²) < 4.78 is 2.07. The molecule has 5 heteroatoms. The third-order valence-corrected chi connectivity index (χ3v) is 3.90. The fourth-order valence-electron chi connectivity index (χ4n) is 2.66. The van der Waals surface area contributed by atoms with Crippen LogP contribution in [0.25, 0.3) is 0 Å². The average molecular weight is 278 g/mol. The third-order valence-electron chi connectivity index (χ3n) is 3.90. The molecule has 0 aromatic carbocycles. The zero-order valence-electron chi connectivity index (χ0n) is 12.2. The summed E-state index contributed by atoms with van der Waals surface area (Å²) in [6, 6.07) is 0. The molecule has 2 heterocycles. The van der Waals surface area contributed by atoms with Gasteiger partial charge in [0, 0.05) is 31.9 Å². The van der Waals surface area contributed by atoms with Gasteiger partial charge in [-0.05, 0) is 51.1 Å². The Morgan fingerprint density at radius 3 is 3.15 bits per heavy atom. The summed E-state index contributed by atoms with van der Waals surface area (Å²) in [7, 11) is 0. The molecule has 5 nitrogen and oxygen atoms in total. The van der Waals surface area contributed by atoms with Crippen molar-refractivity contribution in [1.29, 1.82) is 0 Å². The summed E-state index contributed by atoms with van der Waals surface area (Å²) in [4.78, 5) is 15.7. The minimum atomic E-state index is 0.207. The number of aryl methyl sites for hydroxylation is 1. The Labute approximate surface area is 121 Å². The van der Waals surface area contributed by atoms with Gasteiger partial charge in [-0.1, -0.05) is 0 Å². The van der Waals surface area contributed by atoms with Crippen LogP contribution in [0, 0.1) is 5.92 Å². The molecule has 2 rings (SSSR count). The molecular weight excluding hydrogens is 252 g/mol. The molecule has 1 saturated heterocycles. The van der Waals surface area contributed by atoms with Gasteiger partial charge in [-0.2, -0.15) is 0 Å². The lowest BCUT2D eigenvalue weighted by atomic mass is 9.94. The molecule has 112 valence electrons. The Morgan fingerprint density at radius 1 is 1.45 bits per heavy atom. The molecular formula is C15H26N4O. The van der Waals surface area contributed by atoms with E-state index in [1.54, 1.807) is 6.20 Å². The average Bonchev–Trinajstić information content (AvgIpc) is 2.99. The Bertz CT molecular complexity index is 371. The van der Waals surface area contributed by atoms with E-state index in [2.05, 4.69) is 20.2 Å². The van der Waals surface area contributed by atoms with Gasteiger partial charge in [0.05, 0.1) is 6.33 Å². The van der Waals surface area contributed by atoms with Crippen molar-refractivity contribution >= 4 is 5.91 Å². The van der Waals surface area contributed by atoms with Crippen LogP contribution in [0.15, 0.2) is 18.7 Å². The highest BCUT2D eigenvalue weighted by Gasteiger charge is 2.14. The summed E-state index contributed by atoms with van der Waals surface area (Å²) in [5.74, 6) is 0.897. The molecule has 1 aromatic rings. The zero-order chi connectivity index (χ0) is 14.0. The number of carbonyl (C=O) groups is 1. The summed E-state index contributed by atoms with van der Waals surface area (Å²) in [6.45, 7) is 3.98. The van der Waals surface area contributed by atoms with Crippen molar-refractivity contribution in [2.75, 3.05) is 19.6 Å². The van der Waals surface area contributed by atoms with E-state index in [9.17, 15) is 4.79 Å². The maximum Gasteiger partial charge on any atom is 0.220 e. The number of aromatic nitrogens is 2. The highest BCUT2D eigenvalue weighted by atomic mass is 16.1. The van der Waals surface area contributed by atoms with Crippen LogP contribution in [-0.2, 0) is 11.3 Å². The number of nitrogens with one attached hydrogen (secondary N) is 2. The lowest BCUT2D eigenvalue weighted by Crippen LogP contribution is -2.31. The second kappa shape index (κ2) is 8.74. The standard InChI is InChI=1S/C15H26N4O/c20-15(6-5-14-4-3-7-16-12-14)18-8-1-2-10-19-11-9-17-13-19/h9,11,13-14,16H,1-8,10,12H2,(H,18,20). The lowest BCUT2D eigenvalue weighted by molar-refractivity contribution is -0.121. The number of unbranched alkanes of at least 4 members (excludes halogenated alkanes) is 1. The van der Waals surface area contributed by atoms with Crippen molar-refractivity contribution in [3.05, 3.63) is 18.7 Å². The van der Waals surface area contributed by atoms with Crippen molar-refractivity contribution in [2.24, 2.45) is 5.92 Å². The minimum absolute atomic E-state index is 0.207. The Balaban J connectivity index is 1.45. The van der Waals surface area contributed by atoms with E-state index in [-0.39, 0.29) is 5.91 Å². The third kappa shape index (κ3) is 5.74. The monoisotopic (exact) mass is 278 g/mol. The molecule has 1 amide bonds. The molecule has 0 saturated carbocycles. The number of carbonyl (C=O) groups excluding carboxylic acids is 1. The maximum atomic E-state index is 11.7. The van der Waals surface area contributed by atoms with Crippen molar-refractivity contribution in [3.63, 3.8) is 0 Å². The molecule has 1 atom stereocenters. The minimum Gasteiger partial charge on any atom is -0.356 e. The van der Waals surface area contributed by atoms with Crippen LogP contribution < -0.4 is 10.6 Å². The number of imidazole rings is 1. The van der Waals surface area contributed by atoms with Crippen molar-refractivity contribution in [3.8, 4) is 0 Å². The summed E-state index contributed by atoms with van der Waals surface area (Å²) in [5, 5.41) is 6.41. The topological polar surface area (TPSA) is 59.0 Å². The highest BCUT2D eigenvalue weighted by molar-refractivity contribution is 5.75. The molecule has 0 spiro atoms. The Hall–Kier alpha value is -1.36. The van der Waals surface area contributed by atoms with Gasteiger partial charge in [-0.15, -0.1) is 0 Å². The first-order chi connectivity index (χ1) is 9.84. The van der Waals surface area contributed by atoms with Gasteiger partial charge >= 0.3 is 0 Å². The molecule has 1 aromatic heterocycles. The van der Waals surface area contributed by atoms with Gasteiger partial charge in [-0.25, -0.2) is 4.98 Å². The Kier molecular flexibility index (Phi) is 6.57. The van der Waals surface area contributed by atoms with Gasteiger partial charge in [0.25, 0.3) is 0 Å². The quantitative estimate of drug-likeness (QED) is 0.710. The van der Waals surface area contributed by atoms with Gasteiger partial charge in [0.1, 0.15) is 0 Å². The van der Waals surface area contributed by atoms with Gasteiger partial charge in [-0.3, -0.25) is 4.79 Å². The molecule has 2 N–H and O–H groups in total. The molecule has 0 radical (unpaired) electrons. The van der Waals surface area contributed by atoms with Crippen LogP contribution in [-0.4, -0.2) is 35.1 Å². The number of nitrogens with zero attached hydrogens (tertiary/aromatic N) is 2. The van der Waals surface area contributed by atoms with Crippen molar-refractivity contribution < 1.29 is 4.79 Å². The molecule has 1 fully saturated rings. The zero-order valence-corrected chi connectivity index (χ0v) is 12.2. The van der Waals surface area contributed by atoms with E-state index >= 15 is 0 Å². The van der Waals surface area contributed by atoms with Crippen LogP contribution in [0.2, 0.25) is 0 Å². The predicted octanol–water partition coefficient (Wildman–Crippen LogP) is 1.56. The maximum absolute atomic E-state index is 11.7. The largest absolute Gasteiger partial charge is 0.356 e. The number of hydrogen-bond donors (Lipinski definition) is 2. The van der Waals surface area contributed by atoms with Crippen molar-refractivity contribution in [1.82, 2.24) is 20.2 Å². The van der Waals surface area contributed by atoms with Crippen LogP contribution in [0.4, 0.5) is 0 Å². The SMILES string of the molecule is O=C(CCC1CCCNC1)NCCCCn1ccnc1. The molecule has 0 bridgehead atoms. The van der Waals surface area contributed by atoms with Gasteiger partial charge < -0.3 is 15.2 Å². The second-order valence-corrected chi connectivity index (χ2v) is 5.61. The van der Waals surface area contributed by atoms with E-state index in [4.69, 9.17) is 0 Å². The van der Waals surface area contributed by atoms with Crippen LogP contribution in [0.1, 0.15) is 38.5 Å². The van der Waals surface area contributed by atoms with Crippen molar-refractivity contribution in [2.45, 2.75) is 45.1 Å². The fraction of sp³-hybridized carbons (Fsp3) is 0.733. The summed E-state index contributed by atoms with van der Waals surface area (Å²) in [6.07, 6.45) is 11.9. The molecule has 20 heavy (non-hydrogen) atoms. The number of hydrogen-bond acceptors (Lipinski definition) is 3. The Morgan fingerprint density at radius 2 is 2.40 bits per heavy atom. The fourth-order valence-corrected chi connectivity index (χ4v) is 2.66. The number of amides is 1. The second-order valence-electron chi connectivity index (χ2n) is 5.61. The van der Waals surface area contributed by atoms with E-state index in [1.165, 1.54) is 12.8 Å². The molecule has 0 aliphatic carbocycles. The number of piperidine rings is 1. The first-order valence-electron chi connectivity index (χ1n) is 7.78. The summed E-state index contributed by atoms with van der Waals surface area (Å²) in [5.41, 5.74) is 0. The number of rotatable bonds is 8. The predicted molar refractivity (Wildman–Crippen MR) is 79.3 cm³/mol. The molecule has 1 aliphatic rings. The van der Waals surface area contributed by atoms with E-state index in [0.717, 1.165) is 45.4 Å². The van der Waals surface area contributed by atoms with Gasteiger partial charge in [0.2, 0.25) is 5.91 Å². The van der Waals surface area contributed by atoms with E-state index in [1.807, 2.05) is 12.5 Å². The first kappa shape index (κ1) is 15.0. The van der Waals surface area contributed by atoms with E-state index in [0.29, 0.717) is 12.3 Å². The normalized spacial score (nSPS) is 18.9. The van der Waals surface area contributed by atoms with Crippen LogP contribution in [0.5, 0.6) is 0 Å². The molecule has 1 unspecified atom stereocenters. The van der Waals surface area contributed by atoms with Crippen LogP contribution >= 0.6 is 0 Å². The van der Waals surface area contributed by atoms with E-state index < -0.39 is 0 Å². The highest BCUT2D eigenvalue weighted by Crippen LogP contribution is 2.15.